The summed E-state index contributed by atoms with van der Waals surface area (Å²) in [6.07, 6.45) is 0.838. The van der Waals surface area contributed by atoms with Crippen LogP contribution in [0, 0.1) is 5.92 Å². The maximum absolute atomic E-state index is 12.5. The molecule has 0 aromatic heterocycles. The Morgan fingerprint density at radius 1 is 1.42 bits per heavy atom. The molecule has 0 radical (unpaired) electrons. The van der Waals surface area contributed by atoms with Crippen LogP contribution in [0.25, 0.3) is 0 Å². The number of nitrogens with zero attached hydrogens (tertiary/aromatic N) is 1. The molecule has 1 aliphatic rings. The van der Waals surface area contributed by atoms with Crippen molar-refractivity contribution in [2.45, 2.75) is 24.8 Å². The van der Waals surface area contributed by atoms with E-state index in [0.29, 0.717) is 24.6 Å². The van der Waals surface area contributed by atoms with E-state index < -0.39 is 10.0 Å². The van der Waals surface area contributed by atoms with E-state index in [9.17, 15) is 13.5 Å². The third kappa shape index (κ3) is 2.90. The SMILES string of the molecule is CC1CCN(S(=O)(=O)c2cc(Cl)cc(CO)c2Cl)C1. The maximum atomic E-state index is 12.5. The van der Waals surface area contributed by atoms with E-state index in [0.717, 1.165) is 6.42 Å². The largest absolute Gasteiger partial charge is 0.392 e. The summed E-state index contributed by atoms with van der Waals surface area (Å²) in [6, 6.07) is 2.80. The lowest BCUT2D eigenvalue weighted by Gasteiger charge is -2.18. The summed E-state index contributed by atoms with van der Waals surface area (Å²) >= 11 is 11.9. The standard InChI is InChI=1S/C12H15Cl2NO3S/c1-8-2-3-15(6-8)19(17,18)11-5-10(13)4-9(7-16)12(11)14/h4-5,8,16H,2-3,6-7H2,1H3. The fourth-order valence-electron chi connectivity index (χ4n) is 2.17. The highest BCUT2D eigenvalue weighted by Gasteiger charge is 2.32. The lowest BCUT2D eigenvalue weighted by Crippen LogP contribution is -2.29. The van der Waals surface area contributed by atoms with Gasteiger partial charge in [0.05, 0.1) is 11.6 Å². The second-order valence-corrected chi connectivity index (χ2v) is 7.51. The molecule has 0 spiro atoms. The second kappa shape index (κ2) is 5.58. The van der Waals surface area contributed by atoms with Crippen molar-refractivity contribution in [3.63, 3.8) is 0 Å². The van der Waals surface area contributed by atoms with Gasteiger partial charge in [-0.25, -0.2) is 8.42 Å². The Balaban J connectivity index is 2.49. The first-order chi connectivity index (χ1) is 8.86. The number of hydrogen-bond acceptors (Lipinski definition) is 3. The highest BCUT2D eigenvalue weighted by Crippen LogP contribution is 2.33. The zero-order chi connectivity index (χ0) is 14.2. The number of hydrogen-bond donors (Lipinski definition) is 1. The maximum Gasteiger partial charge on any atom is 0.244 e. The highest BCUT2D eigenvalue weighted by atomic mass is 35.5. The molecule has 0 amide bonds. The molecule has 1 aromatic rings. The quantitative estimate of drug-likeness (QED) is 0.929. The fourth-order valence-corrected chi connectivity index (χ4v) is 4.65. The normalized spacial score (nSPS) is 20.9. The fraction of sp³-hybridized carbons (Fsp3) is 0.500. The lowest BCUT2D eigenvalue weighted by atomic mass is 10.2. The first kappa shape index (κ1) is 15.1. The first-order valence-electron chi connectivity index (χ1n) is 5.95. The lowest BCUT2D eigenvalue weighted by molar-refractivity contribution is 0.281. The van der Waals surface area contributed by atoms with Gasteiger partial charge in [-0.3, -0.25) is 0 Å². The number of rotatable bonds is 3. The smallest absolute Gasteiger partial charge is 0.244 e. The molecule has 0 bridgehead atoms. The Kier molecular flexibility index (Phi) is 4.42. The molecular formula is C12H15Cl2NO3S. The van der Waals surface area contributed by atoms with Crippen LogP contribution in [0.15, 0.2) is 17.0 Å². The summed E-state index contributed by atoms with van der Waals surface area (Å²) < 4.78 is 26.5. The third-order valence-corrected chi connectivity index (χ3v) is 5.92. The molecular weight excluding hydrogens is 309 g/mol. The van der Waals surface area contributed by atoms with Crippen LogP contribution in [0.4, 0.5) is 0 Å². The van der Waals surface area contributed by atoms with Gasteiger partial charge in [-0.1, -0.05) is 30.1 Å². The highest BCUT2D eigenvalue weighted by molar-refractivity contribution is 7.89. The average Bonchev–Trinajstić information content (AvgIpc) is 2.79. The van der Waals surface area contributed by atoms with Crippen molar-refractivity contribution in [3.05, 3.63) is 27.7 Å². The van der Waals surface area contributed by atoms with Crippen molar-refractivity contribution >= 4 is 33.2 Å². The van der Waals surface area contributed by atoms with Crippen molar-refractivity contribution in [2.75, 3.05) is 13.1 Å². The van der Waals surface area contributed by atoms with Crippen molar-refractivity contribution in [3.8, 4) is 0 Å². The number of sulfonamides is 1. The number of aliphatic hydroxyl groups is 1. The van der Waals surface area contributed by atoms with E-state index in [1.54, 1.807) is 0 Å². The third-order valence-electron chi connectivity index (χ3n) is 3.25. The topological polar surface area (TPSA) is 57.6 Å². The Labute approximate surface area is 123 Å². The van der Waals surface area contributed by atoms with Crippen LogP contribution >= 0.6 is 23.2 Å². The summed E-state index contributed by atoms with van der Waals surface area (Å²) in [5.41, 5.74) is 0.319. The molecule has 1 aromatic carbocycles. The molecule has 0 aliphatic carbocycles. The monoisotopic (exact) mass is 323 g/mol. The summed E-state index contributed by atoms with van der Waals surface area (Å²) in [4.78, 5) is -0.0279. The van der Waals surface area contributed by atoms with Gasteiger partial charge in [0.1, 0.15) is 4.90 Å². The van der Waals surface area contributed by atoms with E-state index in [2.05, 4.69) is 0 Å². The summed E-state index contributed by atoms with van der Waals surface area (Å²) in [6.45, 7) is 2.63. The van der Waals surface area contributed by atoms with Gasteiger partial charge < -0.3 is 5.11 Å². The van der Waals surface area contributed by atoms with Crippen molar-refractivity contribution in [1.82, 2.24) is 4.31 Å². The first-order valence-corrected chi connectivity index (χ1v) is 8.14. The number of halogens is 2. The van der Waals surface area contributed by atoms with E-state index in [4.69, 9.17) is 23.2 Å². The molecule has 1 heterocycles. The predicted molar refractivity (Wildman–Crippen MR) is 74.9 cm³/mol. The zero-order valence-electron chi connectivity index (χ0n) is 10.4. The molecule has 1 fully saturated rings. The van der Waals surface area contributed by atoms with Crippen molar-refractivity contribution in [2.24, 2.45) is 5.92 Å². The molecule has 0 saturated carbocycles. The van der Waals surface area contributed by atoms with Crippen LogP contribution in [-0.2, 0) is 16.6 Å². The van der Waals surface area contributed by atoms with Crippen molar-refractivity contribution < 1.29 is 13.5 Å². The van der Waals surface area contributed by atoms with Gasteiger partial charge >= 0.3 is 0 Å². The second-order valence-electron chi connectivity index (χ2n) is 4.79. The van der Waals surface area contributed by atoms with E-state index in [1.165, 1.54) is 16.4 Å². The number of aliphatic hydroxyl groups excluding tert-OH is 1. The van der Waals surface area contributed by atoms with Crippen LogP contribution < -0.4 is 0 Å². The van der Waals surface area contributed by atoms with E-state index in [1.807, 2.05) is 6.92 Å². The minimum atomic E-state index is -3.65. The molecule has 106 valence electrons. The zero-order valence-corrected chi connectivity index (χ0v) is 12.8. The van der Waals surface area contributed by atoms with Gasteiger partial charge in [-0.05, 0) is 30.0 Å². The Hall–Kier alpha value is -0.330. The average molecular weight is 324 g/mol. The molecule has 1 N–H and O–H groups in total. The van der Waals surface area contributed by atoms with Gasteiger partial charge in [0.2, 0.25) is 10.0 Å². The van der Waals surface area contributed by atoms with Gasteiger partial charge in [-0.2, -0.15) is 4.31 Å². The van der Waals surface area contributed by atoms with Crippen LogP contribution in [0.3, 0.4) is 0 Å². The minimum Gasteiger partial charge on any atom is -0.392 e. The summed E-state index contributed by atoms with van der Waals surface area (Å²) in [5.74, 6) is 0.338. The summed E-state index contributed by atoms with van der Waals surface area (Å²) in [7, 11) is -3.65. The molecule has 1 aliphatic heterocycles. The van der Waals surface area contributed by atoms with Gasteiger partial charge in [0.15, 0.2) is 0 Å². The Morgan fingerprint density at radius 2 is 2.11 bits per heavy atom. The van der Waals surface area contributed by atoms with Crippen molar-refractivity contribution in [1.29, 1.82) is 0 Å². The molecule has 1 saturated heterocycles. The molecule has 1 unspecified atom stereocenters. The predicted octanol–water partition coefficient (Wildman–Crippen LogP) is 2.52. The van der Waals surface area contributed by atoms with Crippen LogP contribution in [0.1, 0.15) is 18.9 Å². The molecule has 2 rings (SSSR count). The molecule has 19 heavy (non-hydrogen) atoms. The summed E-state index contributed by atoms with van der Waals surface area (Å²) in [5, 5.41) is 9.49. The van der Waals surface area contributed by atoms with E-state index in [-0.39, 0.29) is 21.5 Å². The molecule has 1 atom stereocenters. The number of benzene rings is 1. The Bertz CT molecular complexity index is 589. The van der Waals surface area contributed by atoms with Gasteiger partial charge in [-0.15, -0.1) is 0 Å². The van der Waals surface area contributed by atoms with Crippen LogP contribution in [-0.4, -0.2) is 30.9 Å². The van der Waals surface area contributed by atoms with Gasteiger partial charge in [0, 0.05) is 18.1 Å². The van der Waals surface area contributed by atoms with Crippen LogP contribution in [0.2, 0.25) is 10.0 Å². The molecule has 4 nitrogen and oxygen atoms in total. The Morgan fingerprint density at radius 3 is 2.63 bits per heavy atom. The van der Waals surface area contributed by atoms with Gasteiger partial charge in [0.25, 0.3) is 0 Å². The van der Waals surface area contributed by atoms with E-state index >= 15 is 0 Å². The van der Waals surface area contributed by atoms with Crippen LogP contribution in [0.5, 0.6) is 0 Å². The molecule has 7 heteroatoms. The minimum absolute atomic E-state index is 0.0279.